The zero-order valence-corrected chi connectivity index (χ0v) is 20.3. The van der Waals surface area contributed by atoms with Crippen molar-refractivity contribution in [3.63, 3.8) is 0 Å². The van der Waals surface area contributed by atoms with Gasteiger partial charge < -0.3 is 4.90 Å². The van der Waals surface area contributed by atoms with Crippen molar-refractivity contribution in [2.75, 3.05) is 32.1 Å². The number of hydrogen-bond acceptors (Lipinski definition) is 5. The van der Waals surface area contributed by atoms with E-state index in [0.717, 1.165) is 43.1 Å². The molecule has 1 aromatic heterocycles. The van der Waals surface area contributed by atoms with Gasteiger partial charge in [0.05, 0.1) is 12.2 Å². The van der Waals surface area contributed by atoms with Crippen molar-refractivity contribution in [1.82, 2.24) is 23.4 Å². The van der Waals surface area contributed by atoms with E-state index in [1.165, 1.54) is 28.3 Å². The van der Waals surface area contributed by atoms with Crippen LogP contribution in [0.3, 0.4) is 0 Å². The smallest absolute Gasteiger partial charge is 0.282 e. The zero-order valence-electron chi connectivity index (χ0n) is 18.7. The molecule has 0 atom stereocenters. The van der Waals surface area contributed by atoms with Crippen molar-refractivity contribution in [2.45, 2.75) is 31.8 Å². The molecule has 0 unspecified atom stereocenters. The zero-order chi connectivity index (χ0) is 23.2. The van der Waals surface area contributed by atoms with Crippen LogP contribution in [0.1, 0.15) is 35.7 Å². The lowest BCUT2D eigenvalue weighted by atomic mass is 9.90. The molecule has 10 heteroatoms. The van der Waals surface area contributed by atoms with E-state index in [1.807, 2.05) is 28.8 Å². The number of rotatable bonds is 4. The standard InChI is InChI=1S/C23H27ClN6O2S/c1-27(2)33(31,32)29-15-19-14-20(24)8-9-21(19)30-22(16-29)25-26-23(30)28-12-10-18(11-13-28)17-6-4-3-5-7-17/h3-9,14,18H,10-13,15-16H2,1-2H3. The molecule has 2 aliphatic rings. The van der Waals surface area contributed by atoms with Gasteiger partial charge in [-0.3, -0.25) is 4.57 Å². The summed E-state index contributed by atoms with van der Waals surface area (Å²) in [5.74, 6) is 1.88. The molecular weight excluding hydrogens is 460 g/mol. The summed E-state index contributed by atoms with van der Waals surface area (Å²) >= 11 is 6.29. The van der Waals surface area contributed by atoms with E-state index >= 15 is 0 Å². The van der Waals surface area contributed by atoms with Crippen LogP contribution in [0.2, 0.25) is 5.02 Å². The fraction of sp³-hybridized carbons (Fsp3) is 0.391. The Morgan fingerprint density at radius 2 is 1.73 bits per heavy atom. The van der Waals surface area contributed by atoms with Crippen molar-refractivity contribution in [2.24, 2.45) is 0 Å². The van der Waals surface area contributed by atoms with Crippen molar-refractivity contribution in [3.05, 3.63) is 70.5 Å². The molecule has 1 fully saturated rings. The molecule has 0 N–H and O–H groups in total. The number of fused-ring (bicyclic) bond motifs is 3. The molecule has 0 spiro atoms. The number of hydrogen-bond donors (Lipinski definition) is 0. The van der Waals surface area contributed by atoms with E-state index in [0.29, 0.717) is 16.8 Å². The summed E-state index contributed by atoms with van der Waals surface area (Å²) in [4.78, 5) is 2.25. The summed E-state index contributed by atoms with van der Waals surface area (Å²) in [5, 5.41) is 9.51. The van der Waals surface area contributed by atoms with Gasteiger partial charge in [0.15, 0.2) is 5.82 Å². The molecular formula is C23H27ClN6O2S. The third-order valence-corrected chi connectivity index (χ3v) is 8.57. The third-order valence-electron chi connectivity index (χ3n) is 6.50. The molecule has 2 aliphatic heterocycles. The second kappa shape index (κ2) is 8.72. The molecule has 174 valence electrons. The minimum atomic E-state index is -3.65. The lowest BCUT2D eigenvalue weighted by molar-refractivity contribution is 0.362. The fourth-order valence-corrected chi connectivity index (χ4v) is 5.93. The predicted molar refractivity (Wildman–Crippen MR) is 129 cm³/mol. The van der Waals surface area contributed by atoms with Crippen molar-refractivity contribution < 1.29 is 8.42 Å². The summed E-state index contributed by atoms with van der Waals surface area (Å²) < 4.78 is 30.6. The van der Waals surface area contributed by atoms with Gasteiger partial charge in [0.25, 0.3) is 10.2 Å². The monoisotopic (exact) mass is 486 g/mol. The van der Waals surface area contributed by atoms with Crippen LogP contribution in [0, 0.1) is 0 Å². The maximum atomic E-state index is 13.0. The van der Waals surface area contributed by atoms with Gasteiger partial charge in [-0.05, 0) is 48.1 Å². The van der Waals surface area contributed by atoms with Crippen molar-refractivity contribution in [1.29, 1.82) is 0 Å². The van der Waals surface area contributed by atoms with Crippen LogP contribution in [-0.4, -0.2) is 59.0 Å². The molecule has 0 radical (unpaired) electrons. The molecule has 0 bridgehead atoms. The Morgan fingerprint density at radius 1 is 1.00 bits per heavy atom. The van der Waals surface area contributed by atoms with Crippen LogP contribution in [0.15, 0.2) is 48.5 Å². The van der Waals surface area contributed by atoms with Gasteiger partial charge in [-0.15, -0.1) is 10.2 Å². The number of halogens is 1. The Labute approximate surface area is 199 Å². The van der Waals surface area contributed by atoms with Crippen LogP contribution in [-0.2, 0) is 23.3 Å². The summed E-state index contributed by atoms with van der Waals surface area (Å²) in [5.41, 5.74) is 3.07. The first-order valence-corrected chi connectivity index (χ1v) is 12.8. The Morgan fingerprint density at radius 3 is 2.42 bits per heavy atom. The number of anilines is 1. The predicted octanol–water partition coefficient (Wildman–Crippen LogP) is 3.43. The van der Waals surface area contributed by atoms with Crippen LogP contribution >= 0.6 is 11.6 Å². The average Bonchev–Trinajstić information content (AvgIpc) is 3.15. The van der Waals surface area contributed by atoms with Crippen molar-refractivity contribution >= 4 is 27.8 Å². The van der Waals surface area contributed by atoms with Gasteiger partial charge in [0.2, 0.25) is 5.95 Å². The highest BCUT2D eigenvalue weighted by Gasteiger charge is 2.33. The topological polar surface area (TPSA) is 74.6 Å². The average molecular weight is 487 g/mol. The Bertz CT molecular complexity index is 1250. The first kappa shape index (κ1) is 22.3. The molecule has 3 heterocycles. The van der Waals surface area contributed by atoms with Gasteiger partial charge in [-0.2, -0.15) is 17.0 Å². The van der Waals surface area contributed by atoms with E-state index < -0.39 is 10.2 Å². The number of aromatic nitrogens is 3. The molecule has 8 nitrogen and oxygen atoms in total. The number of benzene rings is 2. The van der Waals surface area contributed by atoms with Gasteiger partial charge >= 0.3 is 0 Å². The molecule has 5 rings (SSSR count). The minimum Gasteiger partial charge on any atom is -0.341 e. The van der Waals surface area contributed by atoms with Crippen LogP contribution in [0.25, 0.3) is 5.69 Å². The molecule has 0 amide bonds. The summed E-state index contributed by atoms with van der Waals surface area (Å²) in [7, 11) is -0.578. The SMILES string of the molecule is CN(C)S(=O)(=O)N1Cc2cc(Cl)ccc2-n2c(nnc2N2CCC(c3ccccc3)CC2)C1. The van der Waals surface area contributed by atoms with Crippen LogP contribution < -0.4 is 4.90 Å². The second-order valence-electron chi connectivity index (χ2n) is 8.75. The molecule has 3 aromatic rings. The van der Waals surface area contributed by atoms with Crippen LogP contribution in [0.4, 0.5) is 5.95 Å². The lowest BCUT2D eigenvalue weighted by Gasteiger charge is -2.33. The quantitative estimate of drug-likeness (QED) is 0.565. The molecule has 0 aliphatic carbocycles. The largest absolute Gasteiger partial charge is 0.341 e. The van der Waals surface area contributed by atoms with E-state index in [-0.39, 0.29) is 13.1 Å². The molecule has 2 aromatic carbocycles. The van der Waals surface area contributed by atoms with Crippen LogP contribution in [0.5, 0.6) is 0 Å². The summed E-state index contributed by atoms with van der Waals surface area (Å²) in [6.07, 6.45) is 2.06. The summed E-state index contributed by atoms with van der Waals surface area (Å²) in [6, 6.07) is 16.2. The normalized spacial score (nSPS) is 17.6. The highest BCUT2D eigenvalue weighted by atomic mass is 35.5. The van der Waals surface area contributed by atoms with Gasteiger partial charge in [0, 0.05) is 38.8 Å². The molecule has 1 saturated heterocycles. The maximum absolute atomic E-state index is 13.0. The highest BCUT2D eigenvalue weighted by Crippen LogP contribution is 2.34. The molecule has 33 heavy (non-hydrogen) atoms. The maximum Gasteiger partial charge on any atom is 0.282 e. The number of nitrogens with zero attached hydrogens (tertiary/aromatic N) is 6. The van der Waals surface area contributed by atoms with Gasteiger partial charge in [-0.25, -0.2) is 0 Å². The van der Waals surface area contributed by atoms with Crippen molar-refractivity contribution in [3.8, 4) is 5.69 Å². The van der Waals surface area contributed by atoms with E-state index in [2.05, 4.69) is 39.4 Å². The second-order valence-corrected chi connectivity index (χ2v) is 11.3. The van der Waals surface area contributed by atoms with Gasteiger partial charge in [0.1, 0.15) is 0 Å². The number of piperidine rings is 1. The first-order valence-electron chi connectivity index (χ1n) is 11.0. The first-order chi connectivity index (χ1) is 15.8. The summed E-state index contributed by atoms with van der Waals surface area (Å²) in [6.45, 7) is 2.08. The minimum absolute atomic E-state index is 0.139. The molecule has 0 saturated carbocycles. The van der Waals surface area contributed by atoms with E-state index in [1.54, 1.807) is 0 Å². The van der Waals surface area contributed by atoms with E-state index in [9.17, 15) is 8.42 Å². The van der Waals surface area contributed by atoms with Gasteiger partial charge in [-0.1, -0.05) is 41.9 Å². The Hall–Kier alpha value is -2.46. The van der Waals surface area contributed by atoms with E-state index in [4.69, 9.17) is 11.6 Å². The Kier molecular flexibility index (Phi) is 5.90. The fourth-order valence-electron chi connectivity index (χ4n) is 4.70. The highest BCUT2D eigenvalue weighted by molar-refractivity contribution is 7.86. The lowest BCUT2D eigenvalue weighted by Crippen LogP contribution is -2.39. The Balaban J connectivity index is 1.49. The third kappa shape index (κ3) is 4.14.